The van der Waals surface area contributed by atoms with E-state index in [4.69, 9.17) is 4.74 Å². The summed E-state index contributed by atoms with van der Waals surface area (Å²) in [7, 11) is 0. The van der Waals surface area contributed by atoms with E-state index in [1.807, 2.05) is 0 Å². The standard InChI is InChI=1S/C14H19NO3/c1-11-4-6-13(7-5-11)18-14(17)9-15-8-2-3-12(15)10-16/h2-3,8,10-11,13H,4-7,9H2,1H3. The van der Waals surface area contributed by atoms with E-state index in [9.17, 15) is 9.59 Å². The van der Waals surface area contributed by atoms with Gasteiger partial charge in [0, 0.05) is 6.20 Å². The first-order chi connectivity index (χ1) is 8.69. The minimum absolute atomic E-state index is 0.0592. The second-order valence-electron chi connectivity index (χ2n) is 5.05. The second kappa shape index (κ2) is 5.85. The van der Waals surface area contributed by atoms with Crippen molar-refractivity contribution in [2.45, 2.75) is 45.3 Å². The van der Waals surface area contributed by atoms with Gasteiger partial charge in [0.15, 0.2) is 6.29 Å². The first-order valence-corrected chi connectivity index (χ1v) is 6.49. The van der Waals surface area contributed by atoms with Gasteiger partial charge >= 0.3 is 5.97 Å². The van der Waals surface area contributed by atoms with Crippen LogP contribution in [0.15, 0.2) is 18.3 Å². The van der Waals surface area contributed by atoms with Crippen molar-refractivity contribution < 1.29 is 14.3 Å². The van der Waals surface area contributed by atoms with Crippen molar-refractivity contribution >= 4 is 12.3 Å². The molecule has 4 nitrogen and oxygen atoms in total. The van der Waals surface area contributed by atoms with E-state index >= 15 is 0 Å². The van der Waals surface area contributed by atoms with E-state index < -0.39 is 0 Å². The summed E-state index contributed by atoms with van der Waals surface area (Å²) in [5, 5.41) is 0. The zero-order chi connectivity index (χ0) is 13.0. The predicted molar refractivity (Wildman–Crippen MR) is 67.3 cm³/mol. The van der Waals surface area contributed by atoms with Gasteiger partial charge in [0.25, 0.3) is 0 Å². The van der Waals surface area contributed by atoms with Crippen LogP contribution in [0.5, 0.6) is 0 Å². The molecule has 0 N–H and O–H groups in total. The Morgan fingerprint density at radius 1 is 1.44 bits per heavy atom. The molecule has 0 aliphatic heterocycles. The maximum Gasteiger partial charge on any atom is 0.326 e. The van der Waals surface area contributed by atoms with Gasteiger partial charge < -0.3 is 9.30 Å². The predicted octanol–water partition coefficient (Wildman–Crippen LogP) is 2.42. The zero-order valence-electron chi connectivity index (χ0n) is 10.7. The van der Waals surface area contributed by atoms with Crippen molar-refractivity contribution in [1.82, 2.24) is 4.57 Å². The maximum absolute atomic E-state index is 11.8. The molecule has 1 aromatic rings. The molecule has 4 heteroatoms. The van der Waals surface area contributed by atoms with Crippen molar-refractivity contribution in [3.05, 3.63) is 24.0 Å². The molecule has 1 aliphatic rings. The molecule has 1 fully saturated rings. The van der Waals surface area contributed by atoms with Gasteiger partial charge in [0.2, 0.25) is 0 Å². The summed E-state index contributed by atoms with van der Waals surface area (Å²) in [4.78, 5) is 22.5. The number of hydrogen-bond acceptors (Lipinski definition) is 3. The summed E-state index contributed by atoms with van der Waals surface area (Å²) in [6.07, 6.45) is 6.69. The Morgan fingerprint density at radius 3 is 2.83 bits per heavy atom. The number of aromatic nitrogens is 1. The Kier molecular flexibility index (Phi) is 4.18. The molecular weight excluding hydrogens is 230 g/mol. The second-order valence-corrected chi connectivity index (χ2v) is 5.05. The first kappa shape index (κ1) is 12.9. The number of hydrogen-bond donors (Lipinski definition) is 0. The number of aldehydes is 1. The van der Waals surface area contributed by atoms with Gasteiger partial charge in [-0.1, -0.05) is 6.92 Å². The highest BCUT2D eigenvalue weighted by atomic mass is 16.5. The summed E-state index contributed by atoms with van der Waals surface area (Å²) in [6, 6.07) is 3.43. The normalized spacial score (nSPS) is 23.6. The fourth-order valence-electron chi connectivity index (χ4n) is 2.39. The van der Waals surface area contributed by atoms with E-state index in [-0.39, 0.29) is 18.6 Å². The SMILES string of the molecule is CC1CCC(OC(=O)Cn2cccc2C=O)CC1. The van der Waals surface area contributed by atoms with E-state index in [0.717, 1.165) is 37.9 Å². The third kappa shape index (κ3) is 3.22. The summed E-state index contributed by atoms with van der Waals surface area (Å²) >= 11 is 0. The first-order valence-electron chi connectivity index (χ1n) is 6.49. The summed E-state index contributed by atoms with van der Waals surface area (Å²) in [5.74, 6) is 0.486. The molecule has 0 bridgehead atoms. The molecule has 1 heterocycles. The largest absolute Gasteiger partial charge is 0.461 e. The van der Waals surface area contributed by atoms with Crippen LogP contribution in [0.4, 0.5) is 0 Å². The molecule has 18 heavy (non-hydrogen) atoms. The van der Waals surface area contributed by atoms with E-state index in [2.05, 4.69) is 6.92 Å². The van der Waals surface area contributed by atoms with Crippen LogP contribution in [0, 0.1) is 5.92 Å². The van der Waals surface area contributed by atoms with E-state index in [1.165, 1.54) is 0 Å². The third-order valence-corrected chi connectivity index (χ3v) is 3.55. The Labute approximate surface area is 107 Å². The van der Waals surface area contributed by atoms with Gasteiger partial charge in [-0.05, 0) is 43.7 Å². The number of esters is 1. The Hall–Kier alpha value is -1.58. The number of ether oxygens (including phenoxy) is 1. The Balaban J connectivity index is 1.83. The van der Waals surface area contributed by atoms with Gasteiger partial charge in [-0.25, -0.2) is 0 Å². The Bertz CT molecular complexity index is 416. The topological polar surface area (TPSA) is 48.3 Å². The zero-order valence-corrected chi connectivity index (χ0v) is 10.7. The highest BCUT2D eigenvalue weighted by Crippen LogP contribution is 2.25. The molecule has 0 unspecified atom stereocenters. The fraction of sp³-hybridized carbons (Fsp3) is 0.571. The number of nitrogens with zero attached hydrogens (tertiary/aromatic N) is 1. The maximum atomic E-state index is 11.8. The van der Waals surface area contributed by atoms with Crippen molar-refractivity contribution in [3.63, 3.8) is 0 Å². The molecule has 0 aromatic carbocycles. The van der Waals surface area contributed by atoms with Crippen LogP contribution < -0.4 is 0 Å². The third-order valence-electron chi connectivity index (χ3n) is 3.55. The highest BCUT2D eigenvalue weighted by molar-refractivity contribution is 5.75. The van der Waals surface area contributed by atoms with Gasteiger partial charge in [-0.3, -0.25) is 9.59 Å². The molecule has 1 saturated carbocycles. The van der Waals surface area contributed by atoms with Crippen LogP contribution in [0.1, 0.15) is 43.1 Å². The molecule has 0 saturated heterocycles. The van der Waals surface area contributed by atoms with Crippen LogP contribution in [0.25, 0.3) is 0 Å². The van der Waals surface area contributed by atoms with Crippen LogP contribution in [-0.4, -0.2) is 22.9 Å². The molecule has 1 aromatic heterocycles. The lowest BCUT2D eigenvalue weighted by molar-refractivity contribution is -0.151. The number of carbonyl (C=O) groups excluding carboxylic acids is 2. The van der Waals surface area contributed by atoms with Gasteiger partial charge in [0.1, 0.15) is 12.6 Å². The molecule has 98 valence electrons. The molecule has 0 spiro atoms. The summed E-state index contributed by atoms with van der Waals surface area (Å²) in [6.45, 7) is 2.35. The monoisotopic (exact) mass is 249 g/mol. The van der Waals surface area contributed by atoms with Crippen LogP contribution >= 0.6 is 0 Å². The van der Waals surface area contributed by atoms with Crippen molar-refractivity contribution in [1.29, 1.82) is 0 Å². The lowest BCUT2D eigenvalue weighted by Crippen LogP contribution is -2.25. The van der Waals surface area contributed by atoms with Gasteiger partial charge in [-0.15, -0.1) is 0 Å². The molecular formula is C14H19NO3. The van der Waals surface area contributed by atoms with Gasteiger partial charge in [-0.2, -0.15) is 0 Å². The van der Waals surface area contributed by atoms with Crippen LogP contribution in [-0.2, 0) is 16.1 Å². The number of carbonyl (C=O) groups is 2. The number of rotatable bonds is 4. The van der Waals surface area contributed by atoms with E-state index in [1.54, 1.807) is 22.9 Å². The minimum atomic E-state index is -0.256. The smallest absolute Gasteiger partial charge is 0.326 e. The average molecular weight is 249 g/mol. The summed E-state index contributed by atoms with van der Waals surface area (Å²) < 4.78 is 7.05. The molecule has 0 amide bonds. The van der Waals surface area contributed by atoms with Crippen molar-refractivity contribution in [2.75, 3.05) is 0 Å². The highest BCUT2D eigenvalue weighted by Gasteiger charge is 2.21. The van der Waals surface area contributed by atoms with Gasteiger partial charge in [0.05, 0.1) is 5.69 Å². The lowest BCUT2D eigenvalue weighted by Gasteiger charge is -2.26. The van der Waals surface area contributed by atoms with E-state index in [0.29, 0.717) is 5.69 Å². The molecule has 1 aliphatic carbocycles. The average Bonchev–Trinajstić information content (AvgIpc) is 2.79. The van der Waals surface area contributed by atoms with Crippen molar-refractivity contribution in [3.8, 4) is 0 Å². The quantitative estimate of drug-likeness (QED) is 0.608. The minimum Gasteiger partial charge on any atom is -0.461 e. The molecule has 0 atom stereocenters. The van der Waals surface area contributed by atoms with Crippen LogP contribution in [0.2, 0.25) is 0 Å². The Morgan fingerprint density at radius 2 is 2.17 bits per heavy atom. The van der Waals surface area contributed by atoms with Crippen LogP contribution in [0.3, 0.4) is 0 Å². The molecule has 0 radical (unpaired) electrons. The van der Waals surface area contributed by atoms with Crippen molar-refractivity contribution in [2.24, 2.45) is 5.92 Å². The molecule has 2 rings (SSSR count). The summed E-state index contributed by atoms with van der Waals surface area (Å²) in [5.41, 5.74) is 0.504. The lowest BCUT2D eigenvalue weighted by atomic mass is 9.89. The fourth-order valence-corrected chi connectivity index (χ4v) is 2.39.